The molecule has 0 aliphatic carbocycles. The molecule has 2 aromatic heterocycles. The Morgan fingerprint density at radius 3 is 3.19 bits per heavy atom. The summed E-state index contributed by atoms with van der Waals surface area (Å²) in [5, 5.41) is 1.40. The highest BCUT2D eigenvalue weighted by Gasteiger charge is 2.18. The van der Waals surface area contributed by atoms with Crippen molar-refractivity contribution in [1.82, 2.24) is 14.5 Å². The number of aromatic amines is 1. The van der Waals surface area contributed by atoms with Crippen LogP contribution < -0.4 is 5.56 Å². The molecule has 1 aliphatic rings. The van der Waals surface area contributed by atoms with Crippen LogP contribution in [0, 0.1) is 0 Å². The second kappa shape index (κ2) is 4.86. The number of benzene rings is 1. The van der Waals surface area contributed by atoms with Crippen molar-refractivity contribution < 1.29 is 4.74 Å². The number of rotatable bonds is 2. The molecule has 5 nitrogen and oxygen atoms in total. The second-order valence-electron chi connectivity index (χ2n) is 5.35. The summed E-state index contributed by atoms with van der Waals surface area (Å²) in [6.45, 7) is 1.32. The summed E-state index contributed by atoms with van der Waals surface area (Å²) in [5.41, 5.74) is 1.88. The summed E-state index contributed by atoms with van der Waals surface area (Å²) in [4.78, 5) is 20.1. The van der Waals surface area contributed by atoms with Gasteiger partial charge in [0, 0.05) is 17.5 Å². The first-order valence-electron chi connectivity index (χ1n) is 7.01. The monoisotopic (exact) mass is 303 g/mol. The molecular formula is C15H14ClN3O2. The molecule has 0 saturated carbocycles. The van der Waals surface area contributed by atoms with E-state index in [-0.39, 0.29) is 11.7 Å². The fourth-order valence-corrected chi connectivity index (χ4v) is 3.20. The number of nitrogens with one attached hydrogen (secondary N) is 1. The molecule has 108 valence electrons. The Bertz CT molecular complexity index is 878. The van der Waals surface area contributed by atoms with Crippen LogP contribution in [0.1, 0.15) is 12.8 Å². The predicted octanol–water partition coefficient (Wildman–Crippen LogP) is 2.71. The van der Waals surface area contributed by atoms with Crippen LogP contribution in [-0.4, -0.2) is 27.2 Å². The molecule has 1 N–H and O–H groups in total. The molecule has 3 heterocycles. The Balaban J connectivity index is 1.88. The van der Waals surface area contributed by atoms with E-state index in [4.69, 9.17) is 16.3 Å². The van der Waals surface area contributed by atoms with Gasteiger partial charge in [0.1, 0.15) is 11.0 Å². The smallest absolute Gasteiger partial charge is 0.277 e. The van der Waals surface area contributed by atoms with Gasteiger partial charge in [0.15, 0.2) is 0 Å². The first-order chi connectivity index (χ1) is 10.2. The van der Waals surface area contributed by atoms with Gasteiger partial charge in [-0.15, -0.1) is 0 Å². The largest absolute Gasteiger partial charge is 0.376 e. The van der Waals surface area contributed by atoms with E-state index in [0.717, 1.165) is 30.4 Å². The molecule has 1 fully saturated rings. The van der Waals surface area contributed by atoms with Crippen LogP contribution in [0.5, 0.6) is 0 Å². The van der Waals surface area contributed by atoms with Crippen LogP contribution in [0.3, 0.4) is 0 Å². The van der Waals surface area contributed by atoms with Crippen LogP contribution >= 0.6 is 11.6 Å². The highest BCUT2D eigenvalue weighted by atomic mass is 35.5. The van der Waals surface area contributed by atoms with Gasteiger partial charge >= 0.3 is 0 Å². The van der Waals surface area contributed by atoms with E-state index in [1.54, 1.807) is 17.0 Å². The highest BCUT2D eigenvalue weighted by molar-refractivity contribution is 6.37. The molecule has 1 aliphatic heterocycles. The van der Waals surface area contributed by atoms with Crippen molar-refractivity contribution >= 4 is 33.5 Å². The molecule has 1 atom stereocenters. The van der Waals surface area contributed by atoms with E-state index in [9.17, 15) is 4.79 Å². The van der Waals surface area contributed by atoms with Crippen molar-refractivity contribution in [2.45, 2.75) is 25.5 Å². The van der Waals surface area contributed by atoms with E-state index in [2.05, 4.69) is 9.97 Å². The maximum Gasteiger partial charge on any atom is 0.277 e. The molecular weight excluding hydrogens is 290 g/mol. The summed E-state index contributed by atoms with van der Waals surface area (Å²) < 4.78 is 7.20. The van der Waals surface area contributed by atoms with E-state index >= 15 is 0 Å². The van der Waals surface area contributed by atoms with Gasteiger partial charge in [0.25, 0.3) is 5.56 Å². The average Bonchev–Trinajstić information content (AvgIpc) is 3.10. The maximum absolute atomic E-state index is 12.6. The van der Waals surface area contributed by atoms with Crippen LogP contribution in [0.2, 0.25) is 5.02 Å². The topological polar surface area (TPSA) is 59.9 Å². The van der Waals surface area contributed by atoms with Crippen molar-refractivity contribution in [3.8, 4) is 0 Å². The van der Waals surface area contributed by atoms with E-state index in [0.29, 0.717) is 22.6 Å². The number of nitrogens with zero attached hydrogens (tertiary/aromatic N) is 2. The highest BCUT2D eigenvalue weighted by Crippen LogP contribution is 2.28. The fourth-order valence-electron chi connectivity index (χ4n) is 2.93. The lowest BCUT2D eigenvalue weighted by Crippen LogP contribution is -2.26. The quantitative estimate of drug-likeness (QED) is 0.792. The first kappa shape index (κ1) is 12.9. The number of hydrogen-bond acceptors (Lipinski definition) is 3. The van der Waals surface area contributed by atoms with Gasteiger partial charge in [-0.3, -0.25) is 9.36 Å². The van der Waals surface area contributed by atoms with Gasteiger partial charge in [0.2, 0.25) is 0 Å². The van der Waals surface area contributed by atoms with Gasteiger partial charge in [-0.25, -0.2) is 4.98 Å². The number of halogens is 1. The van der Waals surface area contributed by atoms with Gasteiger partial charge in [-0.2, -0.15) is 0 Å². The van der Waals surface area contributed by atoms with Crippen molar-refractivity contribution in [2.24, 2.45) is 0 Å². The van der Waals surface area contributed by atoms with Gasteiger partial charge in [-0.1, -0.05) is 17.7 Å². The van der Waals surface area contributed by atoms with E-state index in [1.165, 1.54) is 0 Å². The summed E-state index contributed by atoms with van der Waals surface area (Å²) in [6, 6.07) is 5.55. The number of fused-ring (bicyclic) bond motifs is 3. The Labute approximate surface area is 125 Å². The third kappa shape index (κ3) is 2.04. The average molecular weight is 304 g/mol. The number of aromatic nitrogens is 3. The number of H-pyrrole nitrogens is 1. The Morgan fingerprint density at radius 2 is 2.38 bits per heavy atom. The number of hydrogen-bond donors (Lipinski definition) is 1. The summed E-state index contributed by atoms with van der Waals surface area (Å²) in [6.07, 6.45) is 3.73. The van der Waals surface area contributed by atoms with Gasteiger partial charge in [-0.05, 0) is 25.0 Å². The minimum atomic E-state index is -0.0808. The van der Waals surface area contributed by atoms with Gasteiger partial charge < -0.3 is 9.72 Å². The molecule has 1 saturated heterocycles. The minimum absolute atomic E-state index is 0.0808. The Morgan fingerprint density at radius 1 is 1.48 bits per heavy atom. The lowest BCUT2D eigenvalue weighted by Gasteiger charge is -2.10. The fraction of sp³-hybridized carbons (Fsp3) is 0.333. The van der Waals surface area contributed by atoms with Crippen LogP contribution in [0.25, 0.3) is 21.9 Å². The third-order valence-electron chi connectivity index (χ3n) is 3.97. The lowest BCUT2D eigenvalue weighted by atomic mass is 10.2. The first-order valence-corrected chi connectivity index (χ1v) is 7.39. The standard InChI is InChI=1S/C15H14ClN3O2/c16-10-4-1-5-11-12(10)13-14(18-11)15(20)19(8-17-13)7-9-3-2-6-21-9/h1,4-5,8-9,18H,2-3,6-7H2/t9-/m1/s1. The molecule has 1 aromatic carbocycles. The molecule has 0 unspecified atom stereocenters. The molecule has 4 rings (SSSR count). The van der Waals surface area contributed by atoms with Crippen molar-refractivity contribution in [3.05, 3.63) is 39.9 Å². The van der Waals surface area contributed by atoms with Gasteiger partial charge in [0.05, 0.1) is 24.0 Å². The normalized spacial score (nSPS) is 18.8. The second-order valence-corrected chi connectivity index (χ2v) is 5.76. The van der Waals surface area contributed by atoms with Crippen molar-refractivity contribution in [3.63, 3.8) is 0 Å². The lowest BCUT2D eigenvalue weighted by molar-refractivity contribution is 0.0960. The SMILES string of the molecule is O=c1c2[nH]c3cccc(Cl)c3c2ncn1C[C@H]1CCCO1. The Hall–Kier alpha value is -1.85. The molecule has 21 heavy (non-hydrogen) atoms. The summed E-state index contributed by atoms with van der Waals surface area (Å²) >= 11 is 6.22. The predicted molar refractivity (Wildman–Crippen MR) is 81.8 cm³/mol. The maximum atomic E-state index is 12.6. The zero-order valence-corrected chi connectivity index (χ0v) is 12.1. The minimum Gasteiger partial charge on any atom is -0.376 e. The van der Waals surface area contributed by atoms with E-state index in [1.807, 2.05) is 12.1 Å². The van der Waals surface area contributed by atoms with Crippen molar-refractivity contribution in [1.29, 1.82) is 0 Å². The molecule has 0 radical (unpaired) electrons. The zero-order valence-electron chi connectivity index (χ0n) is 11.3. The third-order valence-corrected chi connectivity index (χ3v) is 4.29. The van der Waals surface area contributed by atoms with Crippen LogP contribution in [-0.2, 0) is 11.3 Å². The van der Waals surface area contributed by atoms with Crippen LogP contribution in [0.15, 0.2) is 29.3 Å². The molecule has 0 amide bonds. The Kier molecular flexibility index (Phi) is 2.97. The zero-order chi connectivity index (χ0) is 14.4. The van der Waals surface area contributed by atoms with E-state index < -0.39 is 0 Å². The molecule has 0 spiro atoms. The summed E-state index contributed by atoms with van der Waals surface area (Å²) in [7, 11) is 0. The van der Waals surface area contributed by atoms with Crippen molar-refractivity contribution in [2.75, 3.05) is 6.61 Å². The molecule has 6 heteroatoms. The molecule has 0 bridgehead atoms. The number of ether oxygens (including phenoxy) is 1. The van der Waals surface area contributed by atoms with Crippen LogP contribution in [0.4, 0.5) is 0 Å². The molecule has 3 aromatic rings. The summed E-state index contributed by atoms with van der Waals surface area (Å²) in [5.74, 6) is 0.